The minimum Gasteiger partial charge on any atom is -0.439 e. The van der Waals surface area contributed by atoms with Crippen molar-refractivity contribution in [3.05, 3.63) is 59.5 Å². The Bertz CT molecular complexity index is 698. The van der Waals surface area contributed by atoms with Crippen LogP contribution in [-0.2, 0) is 12.8 Å². The van der Waals surface area contributed by atoms with Crippen LogP contribution in [-0.4, -0.2) is 4.98 Å². The van der Waals surface area contributed by atoms with Crippen molar-refractivity contribution in [2.75, 3.05) is 5.73 Å². The zero-order valence-electron chi connectivity index (χ0n) is 10.9. The lowest BCUT2D eigenvalue weighted by molar-refractivity contribution is 0.529. The summed E-state index contributed by atoms with van der Waals surface area (Å²) in [4.78, 5) is 4.46. The minimum atomic E-state index is 0.645. The summed E-state index contributed by atoms with van der Waals surface area (Å²) >= 11 is 0. The van der Waals surface area contributed by atoms with Gasteiger partial charge in [0.25, 0.3) is 0 Å². The molecule has 3 aromatic rings. The standard InChI is InChI=1S/C16H16N2O/c1-11-5-7-12(8-6-11)9-10-15-18-14-4-2-3-13(17)16(14)19-15/h2-8H,9-10,17H2,1H3. The predicted octanol–water partition coefficient (Wildman–Crippen LogP) is 3.50. The maximum Gasteiger partial charge on any atom is 0.195 e. The summed E-state index contributed by atoms with van der Waals surface area (Å²) in [7, 11) is 0. The predicted molar refractivity (Wildman–Crippen MR) is 77.0 cm³/mol. The summed E-state index contributed by atoms with van der Waals surface area (Å²) in [5.41, 5.74) is 10.6. The van der Waals surface area contributed by atoms with E-state index in [9.17, 15) is 0 Å². The number of aryl methyl sites for hydroxylation is 3. The van der Waals surface area contributed by atoms with Crippen molar-refractivity contribution in [3.63, 3.8) is 0 Å². The first-order valence-corrected chi connectivity index (χ1v) is 6.42. The number of anilines is 1. The summed E-state index contributed by atoms with van der Waals surface area (Å²) in [6, 6.07) is 14.2. The Labute approximate surface area is 112 Å². The van der Waals surface area contributed by atoms with Crippen molar-refractivity contribution in [2.45, 2.75) is 19.8 Å². The second-order valence-electron chi connectivity index (χ2n) is 4.79. The van der Waals surface area contributed by atoms with Crippen LogP contribution in [0.4, 0.5) is 5.69 Å². The average molecular weight is 252 g/mol. The van der Waals surface area contributed by atoms with Gasteiger partial charge in [-0.05, 0) is 31.0 Å². The quantitative estimate of drug-likeness (QED) is 0.726. The molecule has 1 aromatic heterocycles. The molecule has 0 bridgehead atoms. The molecule has 3 nitrogen and oxygen atoms in total. The lowest BCUT2D eigenvalue weighted by Gasteiger charge is -1.99. The Morgan fingerprint density at radius 2 is 1.84 bits per heavy atom. The molecule has 3 rings (SSSR count). The molecule has 0 radical (unpaired) electrons. The molecule has 0 saturated carbocycles. The molecule has 2 aromatic carbocycles. The van der Waals surface area contributed by atoms with Gasteiger partial charge in [-0.3, -0.25) is 0 Å². The van der Waals surface area contributed by atoms with E-state index in [0.29, 0.717) is 11.3 Å². The number of rotatable bonds is 3. The van der Waals surface area contributed by atoms with Gasteiger partial charge >= 0.3 is 0 Å². The van der Waals surface area contributed by atoms with E-state index in [1.807, 2.05) is 18.2 Å². The molecule has 0 saturated heterocycles. The molecule has 0 spiro atoms. The highest BCUT2D eigenvalue weighted by Crippen LogP contribution is 2.22. The second-order valence-corrected chi connectivity index (χ2v) is 4.79. The van der Waals surface area contributed by atoms with Crippen LogP contribution in [0.25, 0.3) is 11.1 Å². The van der Waals surface area contributed by atoms with E-state index in [1.54, 1.807) is 0 Å². The summed E-state index contributed by atoms with van der Waals surface area (Å²) < 4.78 is 5.71. The van der Waals surface area contributed by atoms with Crippen LogP contribution in [0.3, 0.4) is 0 Å². The van der Waals surface area contributed by atoms with Gasteiger partial charge in [-0.25, -0.2) is 4.98 Å². The third-order valence-corrected chi connectivity index (χ3v) is 3.24. The zero-order valence-corrected chi connectivity index (χ0v) is 10.9. The molecular weight excluding hydrogens is 236 g/mol. The fraction of sp³-hybridized carbons (Fsp3) is 0.188. The van der Waals surface area contributed by atoms with E-state index in [1.165, 1.54) is 11.1 Å². The van der Waals surface area contributed by atoms with Crippen molar-refractivity contribution in [1.82, 2.24) is 4.98 Å². The van der Waals surface area contributed by atoms with E-state index in [-0.39, 0.29) is 0 Å². The van der Waals surface area contributed by atoms with Gasteiger partial charge in [0.1, 0.15) is 5.52 Å². The van der Waals surface area contributed by atoms with Crippen LogP contribution in [0.1, 0.15) is 17.0 Å². The molecule has 0 atom stereocenters. The highest BCUT2D eigenvalue weighted by Gasteiger charge is 2.07. The van der Waals surface area contributed by atoms with E-state index in [4.69, 9.17) is 10.2 Å². The van der Waals surface area contributed by atoms with Gasteiger partial charge in [-0.1, -0.05) is 35.9 Å². The Morgan fingerprint density at radius 1 is 1.05 bits per heavy atom. The Morgan fingerprint density at radius 3 is 2.58 bits per heavy atom. The van der Waals surface area contributed by atoms with Crippen LogP contribution < -0.4 is 5.73 Å². The third-order valence-electron chi connectivity index (χ3n) is 3.24. The Balaban J connectivity index is 1.78. The monoisotopic (exact) mass is 252 g/mol. The third kappa shape index (κ3) is 2.45. The zero-order chi connectivity index (χ0) is 13.2. The normalized spacial score (nSPS) is 11.0. The topological polar surface area (TPSA) is 52.0 Å². The minimum absolute atomic E-state index is 0.645. The van der Waals surface area contributed by atoms with Crippen molar-refractivity contribution in [1.29, 1.82) is 0 Å². The first kappa shape index (κ1) is 11.8. The van der Waals surface area contributed by atoms with E-state index < -0.39 is 0 Å². The van der Waals surface area contributed by atoms with Crippen LogP contribution in [0.5, 0.6) is 0 Å². The van der Waals surface area contributed by atoms with Gasteiger partial charge < -0.3 is 10.2 Å². The summed E-state index contributed by atoms with van der Waals surface area (Å²) in [5, 5.41) is 0. The van der Waals surface area contributed by atoms with Crippen molar-refractivity contribution < 1.29 is 4.42 Å². The molecule has 0 unspecified atom stereocenters. The number of benzene rings is 2. The molecule has 1 heterocycles. The van der Waals surface area contributed by atoms with Crippen LogP contribution in [0, 0.1) is 6.92 Å². The maximum absolute atomic E-state index is 5.86. The van der Waals surface area contributed by atoms with E-state index in [2.05, 4.69) is 36.2 Å². The second kappa shape index (κ2) is 4.76. The number of nitrogens with two attached hydrogens (primary N) is 1. The van der Waals surface area contributed by atoms with Crippen LogP contribution >= 0.6 is 0 Å². The van der Waals surface area contributed by atoms with Crippen LogP contribution in [0.15, 0.2) is 46.9 Å². The lowest BCUT2D eigenvalue weighted by atomic mass is 10.1. The van der Waals surface area contributed by atoms with Gasteiger partial charge in [0, 0.05) is 6.42 Å². The number of fused-ring (bicyclic) bond motifs is 1. The number of nitrogens with zero attached hydrogens (tertiary/aromatic N) is 1. The number of aromatic nitrogens is 1. The number of nitrogen functional groups attached to an aromatic ring is 1. The van der Waals surface area contributed by atoms with Gasteiger partial charge in [0.2, 0.25) is 0 Å². The summed E-state index contributed by atoms with van der Waals surface area (Å²) in [5.74, 6) is 0.744. The number of para-hydroxylation sites is 1. The maximum atomic E-state index is 5.86. The molecule has 96 valence electrons. The SMILES string of the molecule is Cc1ccc(CCc2nc3cccc(N)c3o2)cc1. The van der Waals surface area contributed by atoms with Crippen molar-refractivity contribution in [3.8, 4) is 0 Å². The molecular formula is C16H16N2O. The molecule has 0 aliphatic rings. The van der Waals surface area contributed by atoms with Crippen molar-refractivity contribution in [2.24, 2.45) is 0 Å². The summed E-state index contributed by atoms with van der Waals surface area (Å²) in [6.45, 7) is 2.09. The summed E-state index contributed by atoms with van der Waals surface area (Å²) in [6.07, 6.45) is 1.71. The molecule has 0 aliphatic heterocycles. The largest absolute Gasteiger partial charge is 0.439 e. The number of hydrogen-bond donors (Lipinski definition) is 1. The van der Waals surface area contributed by atoms with E-state index >= 15 is 0 Å². The highest BCUT2D eigenvalue weighted by atomic mass is 16.3. The van der Waals surface area contributed by atoms with Crippen molar-refractivity contribution >= 4 is 16.8 Å². The molecule has 0 amide bonds. The molecule has 19 heavy (non-hydrogen) atoms. The first-order valence-electron chi connectivity index (χ1n) is 6.42. The van der Waals surface area contributed by atoms with Gasteiger partial charge in [-0.15, -0.1) is 0 Å². The van der Waals surface area contributed by atoms with E-state index in [0.717, 1.165) is 24.2 Å². The highest BCUT2D eigenvalue weighted by molar-refractivity contribution is 5.84. The molecule has 3 heteroatoms. The fourth-order valence-electron chi connectivity index (χ4n) is 2.13. The number of hydrogen-bond acceptors (Lipinski definition) is 3. The Kier molecular flexibility index (Phi) is 2.95. The lowest BCUT2D eigenvalue weighted by Crippen LogP contribution is -1.91. The molecule has 0 aliphatic carbocycles. The average Bonchev–Trinajstić information content (AvgIpc) is 2.83. The van der Waals surface area contributed by atoms with Crippen LogP contribution in [0.2, 0.25) is 0 Å². The van der Waals surface area contributed by atoms with Gasteiger partial charge in [0.15, 0.2) is 11.5 Å². The van der Waals surface area contributed by atoms with Gasteiger partial charge in [0.05, 0.1) is 5.69 Å². The Hall–Kier alpha value is -2.29. The van der Waals surface area contributed by atoms with Gasteiger partial charge in [-0.2, -0.15) is 0 Å². The molecule has 0 fully saturated rings. The fourth-order valence-corrected chi connectivity index (χ4v) is 2.13. The first-order chi connectivity index (χ1) is 9.22. The smallest absolute Gasteiger partial charge is 0.195 e. The molecule has 2 N–H and O–H groups in total. The number of oxazole rings is 1.